The largest absolute Gasteiger partial charge is 0.394 e. The number of hydrogen-bond donors (Lipinski definition) is 3. The Kier molecular flexibility index (Phi) is 4.87. The molecule has 0 saturated carbocycles. The maximum Gasteiger partial charge on any atom is 0.333 e. The summed E-state index contributed by atoms with van der Waals surface area (Å²) in [4.78, 5) is 24.8. The summed E-state index contributed by atoms with van der Waals surface area (Å²) in [5.41, 5.74) is 0.702. The fraction of sp³-hybridized carbons (Fsp3) is 0.412. The lowest BCUT2D eigenvalue weighted by molar-refractivity contribution is -0.0555. The number of rotatable bonds is 4. The van der Waals surface area contributed by atoms with Crippen LogP contribution in [0.4, 0.5) is 0 Å². The van der Waals surface area contributed by atoms with Gasteiger partial charge in [-0.2, -0.15) is 0 Å². The van der Waals surface area contributed by atoms with Gasteiger partial charge in [0.25, 0.3) is 5.56 Å². The Labute approximate surface area is 143 Å². The zero-order valence-corrected chi connectivity index (χ0v) is 13.6. The molecule has 0 radical (unpaired) electrons. The van der Waals surface area contributed by atoms with Crippen LogP contribution in [0.5, 0.6) is 0 Å². The van der Waals surface area contributed by atoms with E-state index in [1.807, 2.05) is 31.2 Å². The highest BCUT2D eigenvalue weighted by molar-refractivity contribution is 5.21. The fourth-order valence-corrected chi connectivity index (χ4v) is 2.86. The predicted octanol–water partition coefficient (Wildman–Crippen LogP) is -1.02. The fourth-order valence-electron chi connectivity index (χ4n) is 2.86. The van der Waals surface area contributed by atoms with E-state index in [1.54, 1.807) is 0 Å². The van der Waals surface area contributed by atoms with Gasteiger partial charge in [0.2, 0.25) is 0 Å². The van der Waals surface area contributed by atoms with E-state index in [9.17, 15) is 19.8 Å². The number of hydrogen-bond acceptors (Lipinski definition) is 6. The van der Waals surface area contributed by atoms with E-state index in [4.69, 9.17) is 9.84 Å². The standard InChI is InChI=1S/C17H20N2O6/c1-10-2-4-11(5-3-10)8-19-13(21)6-7-18(17(19)24)16-15(23)14(22)12(9-20)25-16/h2-7,12,14-16,20,22-23H,8-9H2,1H3/t12-,14-,15+,16-/m1/s1. The van der Waals surface area contributed by atoms with Gasteiger partial charge >= 0.3 is 5.69 Å². The average molecular weight is 348 g/mol. The van der Waals surface area contributed by atoms with Gasteiger partial charge in [-0.3, -0.25) is 13.9 Å². The first kappa shape index (κ1) is 17.6. The van der Waals surface area contributed by atoms with Crippen LogP contribution in [-0.2, 0) is 11.3 Å². The highest BCUT2D eigenvalue weighted by Crippen LogP contribution is 2.27. The molecule has 0 spiro atoms. The topological polar surface area (TPSA) is 114 Å². The summed E-state index contributed by atoms with van der Waals surface area (Å²) < 4.78 is 7.44. The molecule has 4 atom stereocenters. The maximum absolute atomic E-state index is 12.7. The van der Waals surface area contributed by atoms with E-state index in [0.29, 0.717) is 0 Å². The van der Waals surface area contributed by atoms with E-state index < -0.39 is 42.4 Å². The summed E-state index contributed by atoms with van der Waals surface area (Å²) in [6.45, 7) is 1.52. The van der Waals surface area contributed by atoms with Crippen molar-refractivity contribution in [1.29, 1.82) is 0 Å². The van der Waals surface area contributed by atoms with E-state index in [1.165, 1.54) is 12.3 Å². The number of aliphatic hydroxyl groups excluding tert-OH is 3. The van der Waals surface area contributed by atoms with Crippen molar-refractivity contribution in [2.24, 2.45) is 0 Å². The zero-order chi connectivity index (χ0) is 18.1. The highest BCUT2D eigenvalue weighted by atomic mass is 16.6. The van der Waals surface area contributed by atoms with Crippen molar-refractivity contribution in [2.45, 2.75) is 38.0 Å². The third-order valence-electron chi connectivity index (χ3n) is 4.35. The van der Waals surface area contributed by atoms with Crippen LogP contribution in [0.25, 0.3) is 0 Å². The molecule has 0 bridgehead atoms. The monoisotopic (exact) mass is 348 g/mol. The van der Waals surface area contributed by atoms with Crippen molar-refractivity contribution < 1.29 is 20.1 Å². The summed E-state index contributed by atoms with van der Waals surface area (Å²) >= 11 is 0. The molecule has 1 aliphatic rings. The second-order valence-corrected chi connectivity index (χ2v) is 6.14. The Bertz CT molecular complexity index is 857. The zero-order valence-electron chi connectivity index (χ0n) is 13.6. The van der Waals surface area contributed by atoms with Crippen LogP contribution in [0.15, 0.2) is 46.1 Å². The van der Waals surface area contributed by atoms with Gasteiger partial charge in [-0.1, -0.05) is 29.8 Å². The molecule has 8 nitrogen and oxygen atoms in total. The summed E-state index contributed by atoms with van der Waals surface area (Å²) in [5.74, 6) is 0. The van der Waals surface area contributed by atoms with Crippen molar-refractivity contribution >= 4 is 0 Å². The first-order valence-corrected chi connectivity index (χ1v) is 7.92. The second-order valence-electron chi connectivity index (χ2n) is 6.14. The molecule has 3 N–H and O–H groups in total. The Morgan fingerprint density at radius 2 is 1.76 bits per heavy atom. The maximum atomic E-state index is 12.7. The average Bonchev–Trinajstić information content (AvgIpc) is 2.88. The molecule has 0 aliphatic carbocycles. The molecule has 0 amide bonds. The van der Waals surface area contributed by atoms with Crippen LogP contribution in [0.2, 0.25) is 0 Å². The van der Waals surface area contributed by atoms with Crippen LogP contribution >= 0.6 is 0 Å². The van der Waals surface area contributed by atoms with Crippen molar-refractivity contribution in [2.75, 3.05) is 6.61 Å². The molecule has 3 rings (SSSR count). The summed E-state index contributed by atoms with van der Waals surface area (Å²) in [6.07, 6.45) is -3.66. The van der Waals surface area contributed by atoms with Gasteiger partial charge in [-0.25, -0.2) is 4.79 Å². The Balaban J connectivity index is 1.97. The van der Waals surface area contributed by atoms with Gasteiger partial charge in [-0.15, -0.1) is 0 Å². The second kappa shape index (κ2) is 6.93. The summed E-state index contributed by atoms with van der Waals surface area (Å²) in [7, 11) is 0. The molecule has 2 aromatic rings. The van der Waals surface area contributed by atoms with Crippen molar-refractivity contribution in [3.63, 3.8) is 0 Å². The minimum Gasteiger partial charge on any atom is -0.394 e. The number of ether oxygens (including phenoxy) is 1. The van der Waals surface area contributed by atoms with Gasteiger partial charge in [0, 0.05) is 12.3 Å². The molecule has 1 fully saturated rings. The molecular weight excluding hydrogens is 328 g/mol. The van der Waals surface area contributed by atoms with Crippen LogP contribution in [0.1, 0.15) is 17.4 Å². The Morgan fingerprint density at radius 1 is 1.08 bits per heavy atom. The number of benzene rings is 1. The first-order chi connectivity index (χ1) is 11.9. The van der Waals surface area contributed by atoms with Gasteiger partial charge in [0.15, 0.2) is 6.23 Å². The molecule has 2 heterocycles. The SMILES string of the molecule is Cc1ccc(Cn2c(=O)ccn([C@@H]3O[C@H](CO)[C@@H](O)[C@@H]3O)c2=O)cc1. The predicted molar refractivity (Wildman–Crippen MR) is 88.3 cm³/mol. The molecule has 1 aliphatic heterocycles. The number of aromatic nitrogens is 2. The molecule has 8 heteroatoms. The van der Waals surface area contributed by atoms with Gasteiger partial charge in [-0.05, 0) is 12.5 Å². The van der Waals surface area contributed by atoms with E-state index in [-0.39, 0.29) is 6.54 Å². The minimum atomic E-state index is -1.39. The molecule has 134 valence electrons. The Morgan fingerprint density at radius 3 is 2.36 bits per heavy atom. The number of nitrogens with zero attached hydrogens (tertiary/aromatic N) is 2. The van der Waals surface area contributed by atoms with Crippen LogP contribution in [0.3, 0.4) is 0 Å². The van der Waals surface area contributed by atoms with Crippen LogP contribution < -0.4 is 11.2 Å². The van der Waals surface area contributed by atoms with Crippen LogP contribution in [0, 0.1) is 6.92 Å². The van der Waals surface area contributed by atoms with E-state index in [0.717, 1.165) is 20.3 Å². The number of aryl methyl sites for hydroxylation is 1. The lowest BCUT2D eigenvalue weighted by atomic mass is 10.1. The van der Waals surface area contributed by atoms with E-state index in [2.05, 4.69) is 0 Å². The van der Waals surface area contributed by atoms with Gasteiger partial charge < -0.3 is 20.1 Å². The Hall–Kier alpha value is -2.26. The smallest absolute Gasteiger partial charge is 0.333 e. The van der Waals surface area contributed by atoms with Gasteiger partial charge in [0.1, 0.15) is 18.3 Å². The van der Waals surface area contributed by atoms with Crippen LogP contribution in [-0.4, -0.2) is 49.4 Å². The molecule has 1 aromatic carbocycles. The van der Waals surface area contributed by atoms with Crippen molar-refractivity contribution in [3.05, 3.63) is 68.5 Å². The third-order valence-corrected chi connectivity index (χ3v) is 4.35. The number of aliphatic hydroxyl groups is 3. The molecule has 0 unspecified atom stereocenters. The molecule has 1 saturated heterocycles. The first-order valence-electron chi connectivity index (χ1n) is 7.92. The van der Waals surface area contributed by atoms with Crippen molar-refractivity contribution in [1.82, 2.24) is 9.13 Å². The minimum absolute atomic E-state index is 0.0770. The summed E-state index contributed by atoms with van der Waals surface area (Å²) in [5, 5.41) is 29.1. The molecule has 1 aromatic heterocycles. The van der Waals surface area contributed by atoms with E-state index >= 15 is 0 Å². The quantitative estimate of drug-likeness (QED) is 0.652. The normalized spacial score (nSPS) is 26.1. The lowest BCUT2D eigenvalue weighted by Gasteiger charge is -2.18. The third kappa shape index (κ3) is 3.29. The lowest BCUT2D eigenvalue weighted by Crippen LogP contribution is -2.43. The van der Waals surface area contributed by atoms with Crippen molar-refractivity contribution in [3.8, 4) is 0 Å². The highest BCUT2D eigenvalue weighted by Gasteiger charge is 2.43. The molecular formula is C17H20N2O6. The molecule has 25 heavy (non-hydrogen) atoms. The van der Waals surface area contributed by atoms with Gasteiger partial charge in [0.05, 0.1) is 13.2 Å². The summed E-state index contributed by atoms with van der Waals surface area (Å²) in [6, 6.07) is 8.61.